The molecule has 96 valence electrons. The Labute approximate surface area is 116 Å². The molecule has 0 aliphatic heterocycles. The molecule has 0 unspecified atom stereocenters. The predicted molar refractivity (Wildman–Crippen MR) is 71.6 cm³/mol. The minimum Gasteiger partial charge on any atom is -0.488 e. The van der Waals surface area contributed by atoms with Crippen LogP contribution in [0.1, 0.15) is 16.7 Å². The lowest BCUT2D eigenvalue weighted by Gasteiger charge is -2.10. The smallest absolute Gasteiger partial charge is 0.148 e. The van der Waals surface area contributed by atoms with E-state index in [0.29, 0.717) is 16.9 Å². The highest BCUT2D eigenvalue weighted by molar-refractivity contribution is 6.30. The fourth-order valence-corrected chi connectivity index (χ4v) is 1.83. The van der Waals surface area contributed by atoms with Gasteiger partial charge in [0, 0.05) is 5.56 Å². The van der Waals surface area contributed by atoms with E-state index in [1.54, 1.807) is 30.3 Å². The number of nitriles is 1. The summed E-state index contributed by atoms with van der Waals surface area (Å²) in [6.45, 7) is 1.94. The molecule has 0 saturated heterocycles. The Morgan fingerprint density at radius 1 is 1.32 bits per heavy atom. The molecule has 0 spiro atoms. The normalized spacial score (nSPS) is 10.0. The van der Waals surface area contributed by atoms with Crippen molar-refractivity contribution in [3.8, 4) is 11.8 Å². The molecule has 2 rings (SSSR count). The van der Waals surface area contributed by atoms with E-state index in [-0.39, 0.29) is 11.6 Å². The summed E-state index contributed by atoms with van der Waals surface area (Å²) in [5, 5.41) is 8.91. The molecule has 0 atom stereocenters. The Morgan fingerprint density at radius 3 is 2.84 bits per heavy atom. The van der Waals surface area contributed by atoms with Gasteiger partial charge in [0.15, 0.2) is 0 Å². The summed E-state index contributed by atoms with van der Waals surface area (Å²) >= 11 is 5.70. The van der Waals surface area contributed by atoms with Gasteiger partial charge in [-0.05, 0) is 30.7 Å². The average molecular weight is 276 g/mol. The van der Waals surface area contributed by atoms with Crippen LogP contribution in [0.5, 0.6) is 5.75 Å². The summed E-state index contributed by atoms with van der Waals surface area (Å²) in [5.41, 5.74) is 1.78. The van der Waals surface area contributed by atoms with Crippen molar-refractivity contribution < 1.29 is 9.13 Å². The fraction of sp³-hybridized carbons (Fsp3) is 0.133. The monoisotopic (exact) mass is 275 g/mol. The van der Waals surface area contributed by atoms with Gasteiger partial charge in [-0.3, -0.25) is 0 Å². The van der Waals surface area contributed by atoms with Crippen LogP contribution in [-0.2, 0) is 6.61 Å². The van der Waals surface area contributed by atoms with Gasteiger partial charge in [0.1, 0.15) is 18.2 Å². The van der Waals surface area contributed by atoms with Gasteiger partial charge in [0.2, 0.25) is 0 Å². The van der Waals surface area contributed by atoms with Crippen LogP contribution in [0.2, 0.25) is 5.02 Å². The van der Waals surface area contributed by atoms with Crippen molar-refractivity contribution in [1.29, 1.82) is 5.26 Å². The van der Waals surface area contributed by atoms with Crippen LogP contribution < -0.4 is 4.74 Å². The lowest BCUT2D eigenvalue weighted by Crippen LogP contribution is -2.00. The first kappa shape index (κ1) is 13.4. The van der Waals surface area contributed by atoms with E-state index in [1.807, 2.05) is 13.0 Å². The predicted octanol–water partition coefficient (Wildman–Crippen LogP) is 4.24. The molecular weight excluding hydrogens is 265 g/mol. The van der Waals surface area contributed by atoms with Crippen molar-refractivity contribution in [2.45, 2.75) is 13.5 Å². The zero-order valence-electron chi connectivity index (χ0n) is 10.3. The van der Waals surface area contributed by atoms with Crippen molar-refractivity contribution in [2.24, 2.45) is 0 Å². The van der Waals surface area contributed by atoms with Gasteiger partial charge in [-0.1, -0.05) is 29.8 Å². The van der Waals surface area contributed by atoms with Gasteiger partial charge in [-0.15, -0.1) is 0 Å². The number of aryl methyl sites for hydroxylation is 1. The summed E-state index contributed by atoms with van der Waals surface area (Å²) in [4.78, 5) is 0. The summed E-state index contributed by atoms with van der Waals surface area (Å²) in [7, 11) is 0. The molecule has 0 aliphatic carbocycles. The molecule has 0 bridgehead atoms. The quantitative estimate of drug-likeness (QED) is 0.839. The third kappa shape index (κ3) is 3.04. The Hall–Kier alpha value is -2.05. The first-order valence-electron chi connectivity index (χ1n) is 5.68. The third-order valence-electron chi connectivity index (χ3n) is 2.73. The van der Waals surface area contributed by atoms with E-state index >= 15 is 0 Å². The van der Waals surface area contributed by atoms with E-state index in [0.717, 1.165) is 5.56 Å². The number of halogens is 2. The van der Waals surface area contributed by atoms with Crippen LogP contribution in [0, 0.1) is 24.1 Å². The zero-order chi connectivity index (χ0) is 13.8. The standard InChI is InChI=1S/C15H11ClFNO/c1-10-5-6-11(8-18)7-14(10)19-9-12-3-2-4-13(16)15(12)17/h2-7H,9H2,1H3. The zero-order valence-corrected chi connectivity index (χ0v) is 11.0. The highest BCUT2D eigenvalue weighted by Gasteiger charge is 2.08. The molecule has 4 heteroatoms. The Bertz CT molecular complexity index is 649. The van der Waals surface area contributed by atoms with Crippen molar-refractivity contribution in [2.75, 3.05) is 0 Å². The first-order chi connectivity index (χ1) is 9.11. The van der Waals surface area contributed by atoms with Gasteiger partial charge >= 0.3 is 0 Å². The van der Waals surface area contributed by atoms with Crippen LogP contribution >= 0.6 is 11.6 Å². The SMILES string of the molecule is Cc1ccc(C#N)cc1OCc1cccc(Cl)c1F. The van der Waals surface area contributed by atoms with Crippen molar-refractivity contribution in [3.63, 3.8) is 0 Å². The molecule has 0 aromatic heterocycles. The van der Waals surface area contributed by atoms with Gasteiger partial charge in [0.25, 0.3) is 0 Å². The second kappa shape index (κ2) is 5.73. The topological polar surface area (TPSA) is 33.0 Å². The fourth-order valence-electron chi connectivity index (χ4n) is 1.64. The van der Waals surface area contributed by atoms with Crippen LogP contribution in [0.3, 0.4) is 0 Å². The molecule has 0 N–H and O–H groups in total. The Morgan fingerprint density at radius 2 is 2.11 bits per heavy atom. The second-order valence-corrected chi connectivity index (χ2v) is 4.50. The van der Waals surface area contributed by atoms with Crippen LogP contribution in [0.4, 0.5) is 4.39 Å². The average Bonchev–Trinajstić information content (AvgIpc) is 2.42. The molecule has 0 aliphatic rings. The molecule has 19 heavy (non-hydrogen) atoms. The second-order valence-electron chi connectivity index (χ2n) is 4.09. The van der Waals surface area contributed by atoms with Gasteiger partial charge in [-0.2, -0.15) is 5.26 Å². The van der Waals surface area contributed by atoms with Crippen LogP contribution in [-0.4, -0.2) is 0 Å². The maximum atomic E-state index is 13.7. The van der Waals surface area contributed by atoms with Crippen LogP contribution in [0.25, 0.3) is 0 Å². The molecule has 0 fully saturated rings. The minimum absolute atomic E-state index is 0.0715. The highest BCUT2D eigenvalue weighted by atomic mass is 35.5. The molecule has 0 heterocycles. The van der Waals surface area contributed by atoms with E-state index in [1.165, 1.54) is 6.07 Å². The van der Waals surface area contributed by atoms with E-state index in [9.17, 15) is 4.39 Å². The summed E-state index contributed by atoms with van der Waals surface area (Å²) in [6, 6.07) is 12.0. The Kier molecular flexibility index (Phi) is 4.03. The van der Waals surface area contributed by atoms with Crippen molar-refractivity contribution >= 4 is 11.6 Å². The van der Waals surface area contributed by atoms with Crippen molar-refractivity contribution in [1.82, 2.24) is 0 Å². The van der Waals surface area contributed by atoms with E-state index in [4.69, 9.17) is 21.6 Å². The summed E-state index contributed by atoms with van der Waals surface area (Å²) < 4.78 is 19.2. The lowest BCUT2D eigenvalue weighted by atomic mass is 10.1. The minimum atomic E-state index is -0.474. The molecule has 0 amide bonds. The highest BCUT2D eigenvalue weighted by Crippen LogP contribution is 2.23. The number of rotatable bonds is 3. The maximum Gasteiger partial charge on any atom is 0.148 e. The maximum absolute atomic E-state index is 13.7. The molecule has 2 aromatic rings. The largest absolute Gasteiger partial charge is 0.488 e. The third-order valence-corrected chi connectivity index (χ3v) is 3.02. The van der Waals surface area contributed by atoms with Gasteiger partial charge < -0.3 is 4.74 Å². The first-order valence-corrected chi connectivity index (χ1v) is 6.06. The number of ether oxygens (including phenoxy) is 1. The van der Waals surface area contributed by atoms with E-state index < -0.39 is 5.82 Å². The molecular formula is C15H11ClFNO. The molecule has 0 saturated carbocycles. The van der Waals surface area contributed by atoms with Crippen molar-refractivity contribution in [3.05, 3.63) is 63.9 Å². The van der Waals surface area contributed by atoms with Crippen LogP contribution in [0.15, 0.2) is 36.4 Å². The molecule has 0 radical (unpaired) electrons. The van der Waals surface area contributed by atoms with E-state index in [2.05, 4.69) is 0 Å². The Balaban J connectivity index is 2.19. The summed E-state index contributed by atoms with van der Waals surface area (Å²) in [5.74, 6) is 0.0942. The number of benzene rings is 2. The number of hydrogen-bond donors (Lipinski definition) is 0. The van der Waals surface area contributed by atoms with Gasteiger partial charge in [0.05, 0.1) is 16.7 Å². The lowest BCUT2D eigenvalue weighted by molar-refractivity contribution is 0.298. The summed E-state index contributed by atoms with van der Waals surface area (Å²) in [6.07, 6.45) is 0. The molecule has 2 aromatic carbocycles. The molecule has 2 nitrogen and oxygen atoms in total. The number of nitrogens with zero attached hydrogens (tertiary/aromatic N) is 1. The number of hydrogen-bond acceptors (Lipinski definition) is 2. The van der Waals surface area contributed by atoms with Gasteiger partial charge in [-0.25, -0.2) is 4.39 Å².